The SMILES string of the molecule is CC1(Cl)C=CC(C(Cc2ccccc2)OC(=O)CCCCC(=O)O)=CC1. The minimum absolute atomic E-state index is 0.0723. The number of carbonyl (C=O) groups is 2. The topological polar surface area (TPSA) is 63.6 Å². The average molecular weight is 377 g/mol. The van der Waals surface area contributed by atoms with E-state index >= 15 is 0 Å². The molecule has 26 heavy (non-hydrogen) atoms. The Bertz CT molecular complexity index is 677. The lowest BCUT2D eigenvalue weighted by Gasteiger charge is -2.25. The summed E-state index contributed by atoms with van der Waals surface area (Å²) in [4.78, 5) is 22.4. The third-order valence-electron chi connectivity index (χ3n) is 4.29. The Labute approximate surface area is 159 Å². The van der Waals surface area contributed by atoms with Crippen LogP contribution < -0.4 is 0 Å². The summed E-state index contributed by atoms with van der Waals surface area (Å²) in [6.45, 7) is 1.94. The van der Waals surface area contributed by atoms with Gasteiger partial charge in [-0.2, -0.15) is 0 Å². The molecule has 4 nitrogen and oxygen atoms in total. The zero-order valence-electron chi connectivity index (χ0n) is 15.0. The van der Waals surface area contributed by atoms with Gasteiger partial charge in [0.25, 0.3) is 0 Å². The van der Waals surface area contributed by atoms with Gasteiger partial charge < -0.3 is 9.84 Å². The number of carboxylic acids is 1. The molecule has 1 aliphatic rings. The standard InChI is InChI=1S/C21H25ClO4/c1-21(22)13-11-17(12-14-21)18(15-16-7-3-2-4-8-16)26-20(25)10-6-5-9-19(23)24/h2-4,7-8,11-13,18H,5-6,9-10,14-15H2,1H3,(H,23,24). The molecule has 2 unspecified atom stereocenters. The predicted octanol–water partition coefficient (Wildman–Crippen LogP) is 4.67. The number of esters is 1. The second kappa shape index (κ2) is 9.58. The van der Waals surface area contributed by atoms with Gasteiger partial charge in [0, 0.05) is 19.3 Å². The van der Waals surface area contributed by atoms with E-state index in [2.05, 4.69) is 0 Å². The lowest BCUT2D eigenvalue weighted by atomic mass is 9.92. The van der Waals surface area contributed by atoms with Crippen molar-refractivity contribution in [3.05, 3.63) is 59.7 Å². The van der Waals surface area contributed by atoms with Crippen molar-refractivity contribution < 1.29 is 19.4 Å². The molecule has 0 radical (unpaired) electrons. The molecule has 0 saturated carbocycles. The molecular weight excluding hydrogens is 352 g/mol. The quantitative estimate of drug-likeness (QED) is 0.386. The summed E-state index contributed by atoms with van der Waals surface area (Å²) < 4.78 is 5.72. The number of benzene rings is 1. The predicted molar refractivity (Wildman–Crippen MR) is 102 cm³/mol. The van der Waals surface area contributed by atoms with E-state index in [4.69, 9.17) is 21.4 Å². The molecule has 2 rings (SSSR count). The van der Waals surface area contributed by atoms with Gasteiger partial charge in [-0.25, -0.2) is 0 Å². The van der Waals surface area contributed by atoms with Crippen molar-refractivity contribution in [2.24, 2.45) is 0 Å². The second-order valence-electron chi connectivity index (χ2n) is 6.79. The highest BCUT2D eigenvalue weighted by molar-refractivity contribution is 6.25. The van der Waals surface area contributed by atoms with Gasteiger partial charge in [0.2, 0.25) is 0 Å². The molecule has 1 N–H and O–H groups in total. The molecule has 1 aliphatic carbocycles. The maximum Gasteiger partial charge on any atom is 0.306 e. The van der Waals surface area contributed by atoms with Crippen molar-refractivity contribution in [2.75, 3.05) is 0 Å². The molecule has 0 saturated heterocycles. The van der Waals surface area contributed by atoms with Crippen molar-refractivity contribution in [1.29, 1.82) is 0 Å². The zero-order valence-corrected chi connectivity index (χ0v) is 15.7. The fourth-order valence-corrected chi connectivity index (χ4v) is 2.92. The number of hydrogen-bond acceptors (Lipinski definition) is 3. The number of rotatable bonds is 9. The van der Waals surface area contributed by atoms with E-state index in [1.165, 1.54) is 0 Å². The van der Waals surface area contributed by atoms with Gasteiger partial charge in [0.05, 0.1) is 4.87 Å². The highest BCUT2D eigenvalue weighted by Gasteiger charge is 2.24. The summed E-state index contributed by atoms with van der Waals surface area (Å²) in [6.07, 6.45) is 8.08. The monoisotopic (exact) mass is 376 g/mol. The number of ether oxygens (including phenoxy) is 1. The van der Waals surface area contributed by atoms with Crippen molar-refractivity contribution >= 4 is 23.5 Å². The maximum atomic E-state index is 12.2. The Morgan fingerprint density at radius 3 is 2.54 bits per heavy atom. The normalized spacial score (nSPS) is 20.3. The van der Waals surface area contributed by atoms with Crippen LogP contribution in [0.1, 0.15) is 44.6 Å². The van der Waals surface area contributed by atoms with E-state index in [9.17, 15) is 9.59 Å². The number of hydrogen-bond donors (Lipinski definition) is 1. The molecule has 0 heterocycles. The highest BCUT2D eigenvalue weighted by Crippen LogP contribution is 2.29. The lowest BCUT2D eigenvalue weighted by Crippen LogP contribution is -2.25. The first-order valence-corrected chi connectivity index (χ1v) is 9.27. The van der Waals surface area contributed by atoms with Crippen molar-refractivity contribution in [1.82, 2.24) is 0 Å². The molecule has 2 atom stereocenters. The summed E-state index contributed by atoms with van der Waals surface area (Å²) in [7, 11) is 0. The van der Waals surface area contributed by atoms with Gasteiger partial charge in [-0.1, -0.05) is 48.6 Å². The minimum atomic E-state index is -0.845. The van der Waals surface area contributed by atoms with Crippen LogP contribution in [-0.2, 0) is 20.7 Å². The molecule has 0 aliphatic heterocycles. The molecule has 0 aromatic heterocycles. The molecule has 1 aromatic rings. The molecular formula is C21H25ClO4. The van der Waals surface area contributed by atoms with Crippen molar-refractivity contribution in [3.8, 4) is 0 Å². The summed E-state index contributed by atoms with van der Waals surface area (Å²) in [5, 5.41) is 8.66. The summed E-state index contributed by atoms with van der Waals surface area (Å²) in [6, 6.07) is 9.88. The zero-order chi connectivity index (χ0) is 19.0. The first-order chi connectivity index (χ1) is 12.4. The number of unbranched alkanes of at least 4 members (excludes halogenated alkanes) is 1. The Kier molecular flexibility index (Phi) is 7.46. The van der Waals surface area contributed by atoms with E-state index in [0.29, 0.717) is 25.7 Å². The van der Waals surface area contributed by atoms with Crippen LogP contribution in [0.5, 0.6) is 0 Å². The number of carbonyl (C=O) groups excluding carboxylic acids is 1. The Morgan fingerprint density at radius 1 is 1.23 bits per heavy atom. The molecule has 140 valence electrons. The van der Waals surface area contributed by atoms with E-state index in [1.54, 1.807) is 0 Å². The number of allylic oxidation sites excluding steroid dienone is 2. The number of alkyl halides is 1. The second-order valence-corrected chi connectivity index (χ2v) is 7.65. The fourth-order valence-electron chi connectivity index (χ4n) is 2.78. The third kappa shape index (κ3) is 7.04. The fraction of sp³-hybridized carbons (Fsp3) is 0.429. The van der Waals surface area contributed by atoms with Crippen LogP contribution in [0.25, 0.3) is 0 Å². The largest absolute Gasteiger partial charge is 0.481 e. The third-order valence-corrected chi connectivity index (χ3v) is 4.57. The maximum absolute atomic E-state index is 12.2. The van der Waals surface area contributed by atoms with E-state index in [-0.39, 0.29) is 24.9 Å². The van der Waals surface area contributed by atoms with Gasteiger partial charge in [-0.15, -0.1) is 11.6 Å². The van der Waals surface area contributed by atoms with Crippen LogP contribution in [0.4, 0.5) is 0 Å². The van der Waals surface area contributed by atoms with Crippen LogP contribution in [0.2, 0.25) is 0 Å². The average Bonchev–Trinajstić information content (AvgIpc) is 2.59. The van der Waals surface area contributed by atoms with Crippen LogP contribution >= 0.6 is 11.6 Å². The lowest BCUT2D eigenvalue weighted by molar-refractivity contribution is -0.147. The van der Waals surface area contributed by atoms with Gasteiger partial charge in [-0.3, -0.25) is 9.59 Å². The van der Waals surface area contributed by atoms with Crippen LogP contribution in [0, 0.1) is 0 Å². The molecule has 5 heteroatoms. The number of aliphatic carboxylic acids is 1. The highest BCUT2D eigenvalue weighted by atomic mass is 35.5. The Hall–Kier alpha value is -2.07. The van der Waals surface area contributed by atoms with Crippen LogP contribution in [0.3, 0.4) is 0 Å². The first-order valence-electron chi connectivity index (χ1n) is 8.89. The molecule has 0 spiro atoms. The molecule has 0 fully saturated rings. The summed E-state index contributed by atoms with van der Waals surface area (Å²) >= 11 is 6.33. The summed E-state index contributed by atoms with van der Waals surface area (Å²) in [5.41, 5.74) is 2.04. The van der Waals surface area contributed by atoms with E-state index < -0.39 is 10.8 Å². The van der Waals surface area contributed by atoms with Crippen molar-refractivity contribution in [3.63, 3.8) is 0 Å². The van der Waals surface area contributed by atoms with Gasteiger partial charge >= 0.3 is 11.9 Å². The van der Waals surface area contributed by atoms with Crippen molar-refractivity contribution in [2.45, 2.75) is 56.4 Å². The van der Waals surface area contributed by atoms with Gasteiger partial charge in [0.15, 0.2) is 0 Å². The smallest absolute Gasteiger partial charge is 0.306 e. The molecule has 1 aromatic carbocycles. The van der Waals surface area contributed by atoms with Crippen LogP contribution in [-0.4, -0.2) is 28.0 Å². The van der Waals surface area contributed by atoms with Gasteiger partial charge in [0.1, 0.15) is 6.10 Å². The van der Waals surface area contributed by atoms with E-state index in [1.807, 2.05) is 55.5 Å². The Morgan fingerprint density at radius 2 is 1.92 bits per heavy atom. The van der Waals surface area contributed by atoms with Crippen LogP contribution in [0.15, 0.2) is 54.1 Å². The minimum Gasteiger partial charge on any atom is -0.481 e. The van der Waals surface area contributed by atoms with E-state index in [0.717, 1.165) is 11.1 Å². The summed E-state index contributed by atoms with van der Waals surface area (Å²) in [5.74, 6) is -1.15. The number of carboxylic acid groups (broad SMARTS) is 1. The number of halogens is 1. The molecule has 0 bridgehead atoms. The first kappa shape index (κ1) is 20.2. The Balaban J connectivity index is 1.99. The molecule has 0 amide bonds. The van der Waals surface area contributed by atoms with Gasteiger partial charge in [-0.05, 0) is 37.3 Å².